The van der Waals surface area contributed by atoms with Crippen molar-refractivity contribution in [2.75, 3.05) is 25.2 Å². The molecule has 1 saturated heterocycles. The Hall–Kier alpha value is -1.55. The van der Waals surface area contributed by atoms with Gasteiger partial charge in [0.25, 0.3) is 5.91 Å². The van der Waals surface area contributed by atoms with Crippen LogP contribution in [0.2, 0.25) is 0 Å². The van der Waals surface area contributed by atoms with Crippen LogP contribution in [-0.4, -0.2) is 36.7 Å². The lowest BCUT2D eigenvalue weighted by Crippen LogP contribution is -2.67. The van der Waals surface area contributed by atoms with Crippen molar-refractivity contribution in [3.63, 3.8) is 0 Å². The Morgan fingerprint density at radius 2 is 2.12 bits per heavy atom. The number of hydrogen-bond donors (Lipinski definition) is 0. The van der Waals surface area contributed by atoms with Gasteiger partial charge in [-0.2, -0.15) is 0 Å². The van der Waals surface area contributed by atoms with Crippen molar-refractivity contribution in [3.8, 4) is 0 Å². The zero-order chi connectivity index (χ0) is 12.0. The van der Waals surface area contributed by atoms with Gasteiger partial charge >= 0.3 is 0 Å². The lowest BCUT2D eigenvalue weighted by Gasteiger charge is -2.54. The molecular weight excluding hydrogens is 216 g/mol. The fourth-order valence-corrected chi connectivity index (χ4v) is 2.69. The van der Waals surface area contributed by atoms with E-state index in [1.54, 1.807) is 0 Å². The number of nitrogens with zero attached hydrogens (tertiary/aromatic N) is 2. The highest BCUT2D eigenvalue weighted by Gasteiger charge is 2.46. The summed E-state index contributed by atoms with van der Waals surface area (Å²) in [6.07, 6.45) is 0. The van der Waals surface area contributed by atoms with Crippen molar-refractivity contribution in [2.45, 2.75) is 19.1 Å². The zero-order valence-corrected chi connectivity index (χ0v) is 10.1. The van der Waals surface area contributed by atoms with E-state index in [0.717, 1.165) is 0 Å². The van der Waals surface area contributed by atoms with Crippen LogP contribution >= 0.6 is 0 Å². The predicted octanol–water partition coefficient (Wildman–Crippen LogP) is 1.21. The molecule has 1 amide bonds. The molecule has 17 heavy (non-hydrogen) atoms. The number of rotatable bonds is 0. The van der Waals surface area contributed by atoms with Gasteiger partial charge in [-0.05, 0) is 18.6 Å². The van der Waals surface area contributed by atoms with Gasteiger partial charge in [-0.1, -0.05) is 18.2 Å². The number of morpholine rings is 1. The number of hydrogen-bond acceptors (Lipinski definition) is 3. The van der Waals surface area contributed by atoms with Gasteiger partial charge in [0.05, 0.1) is 13.2 Å². The summed E-state index contributed by atoms with van der Waals surface area (Å²) in [4.78, 5) is 16.0. The number of likely N-dealkylation sites (N-methyl/N-ethyl adjacent to an activating group) is 1. The van der Waals surface area contributed by atoms with Crippen LogP contribution in [0.1, 0.15) is 12.5 Å². The summed E-state index contributed by atoms with van der Waals surface area (Å²) in [6, 6.07) is 8.21. The number of carbonyl (C=O) groups excluding carboxylic acids is 1. The first-order valence-corrected chi connectivity index (χ1v) is 5.83. The van der Waals surface area contributed by atoms with E-state index in [4.69, 9.17) is 4.74 Å². The van der Waals surface area contributed by atoms with Gasteiger partial charge in [-0.25, -0.2) is 0 Å². The molecule has 0 radical (unpaired) electrons. The monoisotopic (exact) mass is 232 g/mol. The SMILES string of the molecule is CN1c2ccccc2CN2C(=O)COCC21C. The van der Waals surface area contributed by atoms with Gasteiger partial charge in [0.2, 0.25) is 0 Å². The lowest BCUT2D eigenvalue weighted by atomic mass is 9.98. The number of fused-ring (bicyclic) bond motifs is 2. The molecule has 0 bridgehead atoms. The van der Waals surface area contributed by atoms with E-state index in [-0.39, 0.29) is 18.2 Å². The van der Waals surface area contributed by atoms with Crippen LogP contribution in [0.15, 0.2) is 24.3 Å². The molecule has 4 heteroatoms. The maximum absolute atomic E-state index is 12.0. The van der Waals surface area contributed by atoms with Crippen LogP contribution in [-0.2, 0) is 16.1 Å². The molecule has 1 unspecified atom stereocenters. The van der Waals surface area contributed by atoms with Gasteiger partial charge in [0.15, 0.2) is 0 Å². The number of amides is 1. The maximum Gasteiger partial charge on any atom is 0.250 e. The summed E-state index contributed by atoms with van der Waals surface area (Å²) >= 11 is 0. The minimum absolute atomic E-state index is 0.0695. The second kappa shape index (κ2) is 3.47. The molecule has 0 aliphatic carbocycles. The number of carbonyl (C=O) groups is 1. The minimum atomic E-state index is -0.357. The molecular formula is C13H16N2O2. The first-order valence-electron chi connectivity index (χ1n) is 5.83. The van der Waals surface area contributed by atoms with Crippen molar-refractivity contribution in [3.05, 3.63) is 29.8 Å². The summed E-state index contributed by atoms with van der Waals surface area (Å²) in [5.74, 6) is 0.0695. The van der Waals surface area contributed by atoms with Gasteiger partial charge in [0, 0.05) is 12.7 Å². The molecule has 1 atom stereocenters. The molecule has 2 aliphatic rings. The largest absolute Gasteiger partial charge is 0.367 e. The standard InChI is InChI=1S/C13H16N2O2/c1-13-9-17-8-12(16)15(13)7-10-5-3-4-6-11(10)14(13)2/h3-6H,7-9H2,1-2H3. The van der Waals surface area contributed by atoms with E-state index < -0.39 is 0 Å². The first kappa shape index (κ1) is 10.6. The highest BCUT2D eigenvalue weighted by Crippen LogP contribution is 2.37. The minimum Gasteiger partial charge on any atom is -0.367 e. The van der Waals surface area contributed by atoms with Gasteiger partial charge < -0.3 is 14.5 Å². The Kier molecular flexibility index (Phi) is 2.16. The molecule has 2 aliphatic heterocycles. The number of benzene rings is 1. The normalized spacial score (nSPS) is 27.8. The van der Waals surface area contributed by atoms with Crippen LogP contribution in [0.3, 0.4) is 0 Å². The number of ether oxygens (including phenoxy) is 1. The fraction of sp³-hybridized carbons (Fsp3) is 0.462. The topological polar surface area (TPSA) is 32.8 Å². The van der Waals surface area contributed by atoms with E-state index >= 15 is 0 Å². The van der Waals surface area contributed by atoms with Gasteiger partial charge in [-0.15, -0.1) is 0 Å². The average Bonchev–Trinajstić information content (AvgIpc) is 2.33. The summed E-state index contributed by atoms with van der Waals surface area (Å²) in [7, 11) is 2.02. The third kappa shape index (κ3) is 1.37. The van der Waals surface area contributed by atoms with Crippen molar-refractivity contribution in [1.82, 2.24) is 4.90 Å². The second-order valence-corrected chi connectivity index (χ2v) is 4.88. The molecule has 2 heterocycles. The Balaban J connectivity index is 2.10. The molecule has 0 spiro atoms. The third-order valence-corrected chi connectivity index (χ3v) is 3.89. The van der Waals surface area contributed by atoms with Crippen molar-refractivity contribution in [2.24, 2.45) is 0 Å². The summed E-state index contributed by atoms with van der Waals surface area (Å²) < 4.78 is 5.41. The van der Waals surface area contributed by atoms with Crippen LogP contribution in [0.25, 0.3) is 0 Å². The second-order valence-electron chi connectivity index (χ2n) is 4.88. The van der Waals surface area contributed by atoms with E-state index in [1.165, 1.54) is 11.3 Å². The Bertz CT molecular complexity index is 474. The molecule has 0 aromatic heterocycles. The fourth-order valence-electron chi connectivity index (χ4n) is 2.69. The van der Waals surface area contributed by atoms with Crippen LogP contribution < -0.4 is 4.90 Å². The summed E-state index contributed by atoms with van der Waals surface area (Å²) in [5.41, 5.74) is 2.02. The number of para-hydroxylation sites is 1. The third-order valence-electron chi connectivity index (χ3n) is 3.89. The Morgan fingerprint density at radius 3 is 2.94 bits per heavy atom. The highest BCUT2D eigenvalue weighted by atomic mass is 16.5. The van der Waals surface area contributed by atoms with Gasteiger partial charge in [0.1, 0.15) is 12.3 Å². The van der Waals surface area contributed by atoms with Crippen LogP contribution in [0.4, 0.5) is 5.69 Å². The van der Waals surface area contributed by atoms with Crippen LogP contribution in [0.5, 0.6) is 0 Å². The molecule has 3 rings (SSSR count). The Morgan fingerprint density at radius 1 is 1.35 bits per heavy atom. The highest BCUT2D eigenvalue weighted by molar-refractivity contribution is 5.81. The summed E-state index contributed by atoms with van der Waals surface area (Å²) in [6.45, 7) is 3.49. The van der Waals surface area contributed by atoms with E-state index in [0.29, 0.717) is 13.2 Å². The Labute approximate surface area is 101 Å². The smallest absolute Gasteiger partial charge is 0.250 e. The van der Waals surface area contributed by atoms with E-state index in [2.05, 4.69) is 24.0 Å². The van der Waals surface area contributed by atoms with Crippen LogP contribution in [0, 0.1) is 0 Å². The first-order chi connectivity index (χ1) is 8.13. The van der Waals surface area contributed by atoms with Crippen molar-refractivity contribution >= 4 is 11.6 Å². The number of anilines is 1. The molecule has 0 saturated carbocycles. The zero-order valence-electron chi connectivity index (χ0n) is 10.1. The summed E-state index contributed by atoms with van der Waals surface area (Å²) in [5, 5.41) is 0. The predicted molar refractivity (Wildman–Crippen MR) is 64.6 cm³/mol. The molecule has 1 aromatic rings. The van der Waals surface area contributed by atoms with Crippen molar-refractivity contribution < 1.29 is 9.53 Å². The molecule has 4 nitrogen and oxygen atoms in total. The van der Waals surface area contributed by atoms with E-state index in [9.17, 15) is 4.79 Å². The molecule has 1 aromatic carbocycles. The lowest BCUT2D eigenvalue weighted by molar-refractivity contribution is -0.158. The average molecular weight is 232 g/mol. The molecule has 1 fully saturated rings. The van der Waals surface area contributed by atoms with Gasteiger partial charge in [-0.3, -0.25) is 4.79 Å². The van der Waals surface area contributed by atoms with Crippen molar-refractivity contribution in [1.29, 1.82) is 0 Å². The molecule has 0 N–H and O–H groups in total. The maximum atomic E-state index is 12.0. The molecule has 90 valence electrons. The van der Waals surface area contributed by atoms with E-state index in [1.807, 2.05) is 24.1 Å². The quantitative estimate of drug-likeness (QED) is 0.674.